The topological polar surface area (TPSA) is 101 Å². The molecule has 1 amide bonds. The number of hydrogen-bond acceptors (Lipinski definition) is 5. The molecule has 134 valence electrons. The summed E-state index contributed by atoms with van der Waals surface area (Å²) < 4.78 is 14.6. The number of benzene rings is 1. The van der Waals surface area contributed by atoms with Gasteiger partial charge in [0.2, 0.25) is 0 Å². The van der Waals surface area contributed by atoms with Crippen molar-refractivity contribution in [3.63, 3.8) is 0 Å². The van der Waals surface area contributed by atoms with E-state index in [4.69, 9.17) is 0 Å². The molecule has 3 aromatic heterocycles. The zero-order chi connectivity index (χ0) is 18.6. The van der Waals surface area contributed by atoms with E-state index in [-0.39, 0.29) is 18.3 Å². The van der Waals surface area contributed by atoms with Crippen molar-refractivity contribution in [1.29, 1.82) is 0 Å². The van der Waals surface area contributed by atoms with E-state index >= 15 is 0 Å². The van der Waals surface area contributed by atoms with E-state index in [1.165, 1.54) is 12.1 Å². The Labute approximate surface area is 153 Å². The number of carbonyl (C=O) groups excluding carboxylic acids is 1. The van der Waals surface area contributed by atoms with Crippen molar-refractivity contribution >= 4 is 5.91 Å². The van der Waals surface area contributed by atoms with Crippen LogP contribution in [0.1, 0.15) is 16.2 Å². The molecule has 9 heteroatoms. The first kappa shape index (κ1) is 16.6. The van der Waals surface area contributed by atoms with E-state index in [9.17, 15) is 9.18 Å². The van der Waals surface area contributed by atoms with Crippen molar-refractivity contribution in [2.75, 3.05) is 0 Å². The third-order valence-corrected chi connectivity index (χ3v) is 3.86. The molecule has 1 aromatic carbocycles. The van der Waals surface area contributed by atoms with E-state index in [1.807, 2.05) is 0 Å². The predicted molar refractivity (Wildman–Crippen MR) is 94.3 cm³/mol. The van der Waals surface area contributed by atoms with Gasteiger partial charge >= 0.3 is 0 Å². The summed E-state index contributed by atoms with van der Waals surface area (Å²) in [6.45, 7) is 0.217. The largest absolute Gasteiger partial charge is 0.345 e. The Morgan fingerprint density at radius 2 is 1.93 bits per heavy atom. The van der Waals surface area contributed by atoms with Crippen molar-refractivity contribution in [3.05, 3.63) is 78.3 Å². The summed E-state index contributed by atoms with van der Waals surface area (Å²) in [6, 6.07) is 11.1. The molecule has 0 unspecified atom stereocenters. The molecule has 4 rings (SSSR count). The third-order valence-electron chi connectivity index (χ3n) is 3.86. The number of halogens is 1. The number of nitrogens with one attached hydrogen (secondary N) is 2. The van der Waals surface area contributed by atoms with Crippen LogP contribution in [-0.2, 0) is 6.54 Å². The summed E-state index contributed by atoms with van der Waals surface area (Å²) in [5.41, 5.74) is 3.01. The SMILES string of the molecule is O=C(NCc1cn(-c2ccncc2)nn1)c1cc(-c2ccc(F)cc2)n[nH]1. The molecule has 0 radical (unpaired) electrons. The number of H-pyrrole nitrogens is 1. The van der Waals surface area contributed by atoms with Crippen molar-refractivity contribution in [2.45, 2.75) is 6.54 Å². The Morgan fingerprint density at radius 1 is 1.15 bits per heavy atom. The molecule has 0 atom stereocenters. The summed E-state index contributed by atoms with van der Waals surface area (Å²) in [5.74, 6) is -0.651. The maximum atomic E-state index is 13.0. The van der Waals surface area contributed by atoms with Crippen LogP contribution in [0.2, 0.25) is 0 Å². The molecule has 0 aliphatic rings. The van der Waals surface area contributed by atoms with E-state index in [0.29, 0.717) is 22.6 Å². The monoisotopic (exact) mass is 363 g/mol. The number of carbonyl (C=O) groups is 1. The molecule has 0 spiro atoms. The third kappa shape index (κ3) is 3.71. The lowest BCUT2D eigenvalue weighted by molar-refractivity contribution is 0.0945. The molecule has 0 aliphatic carbocycles. The average molecular weight is 363 g/mol. The lowest BCUT2D eigenvalue weighted by Gasteiger charge is -2.00. The molecule has 0 bridgehead atoms. The van der Waals surface area contributed by atoms with Gasteiger partial charge in [0.25, 0.3) is 5.91 Å². The summed E-state index contributed by atoms with van der Waals surface area (Å²) in [4.78, 5) is 16.2. The van der Waals surface area contributed by atoms with Gasteiger partial charge in [0.1, 0.15) is 17.2 Å². The lowest BCUT2D eigenvalue weighted by atomic mass is 10.1. The highest BCUT2D eigenvalue weighted by atomic mass is 19.1. The summed E-state index contributed by atoms with van der Waals surface area (Å²) >= 11 is 0. The zero-order valence-electron chi connectivity index (χ0n) is 14.0. The number of pyridine rings is 1. The quantitative estimate of drug-likeness (QED) is 0.566. The van der Waals surface area contributed by atoms with Gasteiger partial charge in [-0.05, 0) is 42.5 Å². The number of amides is 1. The summed E-state index contributed by atoms with van der Waals surface area (Å²) in [7, 11) is 0. The number of aromatic amines is 1. The van der Waals surface area contributed by atoms with Gasteiger partial charge in [-0.25, -0.2) is 9.07 Å². The van der Waals surface area contributed by atoms with Crippen LogP contribution < -0.4 is 5.32 Å². The number of aromatic nitrogens is 6. The Kier molecular flexibility index (Phi) is 4.40. The maximum Gasteiger partial charge on any atom is 0.269 e. The first-order chi connectivity index (χ1) is 13.2. The van der Waals surface area contributed by atoms with Crippen LogP contribution in [0.3, 0.4) is 0 Å². The van der Waals surface area contributed by atoms with E-state index in [2.05, 4.69) is 30.8 Å². The van der Waals surface area contributed by atoms with Crippen molar-refractivity contribution in [1.82, 2.24) is 35.5 Å². The van der Waals surface area contributed by atoms with Crippen LogP contribution in [0.4, 0.5) is 4.39 Å². The second-order valence-corrected chi connectivity index (χ2v) is 5.72. The molecule has 2 N–H and O–H groups in total. The molecule has 8 nitrogen and oxygen atoms in total. The molecule has 3 heterocycles. The molecule has 4 aromatic rings. The van der Waals surface area contributed by atoms with Crippen LogP contribution in [0.5, 0.6) is 0 Å². The average Bonchev–Trinajstić information content (AvgIpc) is 3.37. The molecule has 0 saturated heterocycles. The molecule has 27 heavy (non-hydrogen) atoms. The van der Waals surface area contributed by atoms with E-state index in [1.54, 1.807) is 53.6 Å². The van der Waals surface area contributed by atoms with Crippen molar-refractivity contribution < 1.29 is 9.18 Å². The Bertz CT molecular complexity index is 1060. The van der Waals surface area contributed by atoms with Gasteiger partial charge < -0.3 is 5.32 Å². The van der Waals surface area contributed by atoms with Crippen molar-refractivity contribution in [3.8, 4) is 16.9 Å². The lowest BCUT2D eigenvalue weighted by Crippen LogP contribution is -2.23. The second-order valence-electron chi connectivity index (χ2n) is 5.72. The van der Waals surface area contributed by atoms with Gasteiger partial charge in [-0.2, -0.15) is 5.10 Å². The minimum atomic E-state index is -0.327. The van der Waals surface area contributed by atoms with Crippen LogP contribution in [0.25, 0.3) is 16.9 Å². The fraction of sp³-hybridized carbons (Fsp3) is 0.0556. The van der Waals surface area contributed by atoms with Gasteiger partial charge in [-0.1, -0.05) is 5.21 Å². The normalized spacial score (nSPS) is 10.7. The van der Waals surface area contributed by atoms with Crippen LogP contribution in [0, 0.1) is 5.82 Å². The van der Waals surface area contributed by atoms with Crippen molar-refractivity contribution in [2.24, 2.45) is 0 Å². The molecule has 0 fully saturated rings. The fourth-order valence-corrected chi connectivity index (χ4v) is 2.48. The molecule has 0 aliphatic heterocycles. The maximum absolute atomic E-state index is 13.0. The Balaban J connectivity index is 1.40. The minimum absolute atomic E-state index is 0.217. The Hall–Kier alpha value is -3.88. The van der Waals surface area contributed by atoms with Gasteiger partial charge in [0, 0.05) is 18.0 Å². The highest BCUT2D eigenvalue weighted by Gasteiger charge is 2.12. The van der Waals surface area contributed by atoms with Gasteiger partial charge in [-0.3, -0.25) is 14.9 Å². The van der Waals surface area contributed by atoms with E-state index in [0.717, 1.165) is 5.69 Å². The Morgan fingerprint density at radius 3 is 2.70 bits per heavy atom. The zero-order valence-corrected chi connectivity index (χ0v) is 14.0. The standard InChI is InChI=1S/C18H14FN7O/c19-13-3-1-12(2-4-13)16-9-17(24-23-16)18(27)21-10-14-11-26(25-22-14)15-5-7-20-8-6-15/h1-9,11H,10H2,(H,21,27)(H,23,24). The number of nitrogens with zero attached hydrogens (tertiary/aromatic N) is 5. The van der Waals surface area contributed by atoms with Crippen LogP contribution >= 0.6 is 0 Å². The van der Waals surface area contributed by atoms with Crippen LogP contribution in [-0.4, -0.2) is 36.1 Å². The van der Waals surface area contributed by atoms with Gasteiger partial charge in [-0.15, -0.1) is 5.10 Å². The first-order valence-electron chi connectivity index (χ1n) is 8.10. The number of hydrogen-bond donors (Lipinski definition) is 2. The smallest absolute Gasteiger partial charge is 0.269 e. The highest BCUT2D eigenvalue weighted by molar-refractivity contribution is 5.93. The van der Waals surface area contributed by atoms with Crippen LogP contribution in [0.15, 0.2) is 61.1 Å². The second kappa shape index (κ2) is 7.16. The van der Waals surface area contributed by atoms with E-state index < -0.39 is 0 Å². The molecule has 0 saturated carbocycles. The van der Waals surface area contributed by atoms with Gasteiger partial charge in [0.15, 0.2) is 0 Å². The predicted octanol–water partition coefficient (Wildman–Crippen LogP) is 2.12. The summed E-state index contributed by atoms with van der Waals surface area (Å²) in [6.07, 6.45) is 5.05. The minimum Gasteiger partial charge on any atom is -0.345 e. The highest BCUT2D eigenvalue weighted by Crippen LogP contribution is 2.18. The van der Waals surface area contributed by atoms with Gasteiger partial charge in [0.05, 0.1) is 24.1 Å². The number of rotatable bonds is 5. The summed E-state index contributed by atoms with van der Waals surface area (Å²) in [5, 5.41) is 17.6. The first-order valence-corrected chi connectivity index (χ1v) is 8.10. The molecular formula is C18H14FN7O. The molecular weight excluding hydrogens is 349 g/mol. The fourth-order valence-electron chi connectivity index (χ4n) is 2.48.